The van der Waals surface area contributed by atoms with Gasteiger partial charge in [-0.25, -0.2) is 0 Å². The highest BCUT2D eigenvalue weighted by Gasteiger charge is 1.97. The van der Waals surface area contributed by atoms with Crippen LogP contribution in [0, 0.1) is 6.07 Å². The summed E-state index contributed by atoms with van der Waals surface area (Å²) >= 11 is 3.41. The molecule has 0 atom stereocenters. The zero-order chi connectivity index (χ0) is 9.10. The van der Waals surface area contributed by atoms with E-state index in [1.54, 1.807) is 6.20 Å². The molecule has 0 aliphatic heterocycles. The molecule has 0 amide bonds. The van der Waals surface area contributed by atoms with Gasteiger partial charge in [0.25, 0.3) is 0 Å². The van der Waals surface area contributed by atoms with Gasteiger partial charge in [0.05, 0.1) is 5.69 Å². The second-order valence-electron chi connectivity index (χ2n) is 2.64. The van der Waals surface area contributed by atoms with Gasteiger partial charge in [-0.15, -0.1) is 0 Å². The zero-order valence-corrected chi connectivity index (χ0v) is 8.45. The second-order valence-corrected chi connectivity index (χ2v) is 3.55. The fraction of sp³-hybridized carbons (Fsp3) is 0. The number of hydrogen-bond acceptors (Lipinski definition) is 1. The molecule has 63 valence electrons. The van der Waals surface area contributed by atoms with Gasteiger partial charge >= 0.3 is 0 Å². The lowest BCUT2D eigenvalue weighted by atomic mass is 10.1. The number of benzene rings is 1. The average molecular weight is 233 g/mol. The topological polar surface area (TPSA) is 12.9 Å². The summed E-state index contributed by atoms with van der Waals surface area (Å²) in [5, 5.41) is 0. The summed E-state index contributed by atoms with van der Waals surface area (Å²) in [5.74, 6) is 0. The molecule has 0 N–H and O–H groups in total. The molecule has 1 heterocycles. The first kappa shape index (κ1) is 8.45. The van der Waals surface area contributed by atoms with E-state index in [1.807, 2.05) is 36.4 Å². The van der Waals surface area contributed by atoms with E-state index in [-0.39, 0.29) is 0 Å². The molecule has 1 radical (unpaired) electrons. The van der Waals surface area contributed by atoms with Gasteiger partial charge < -0.3 is 0 Å². The number of pyridine rings is 1. The largest absolute Gasteiger partial charge is 0.256 e. The van der Waals surface area contributed by atoms with Crippen molar-refractivity contribution in [2.24, 2.45) is 0 Å². The van der Waals surface area contributed by atoms with Crippen LogP contribution in [-0.2, 0) is 0 Å². The van der Waals surface area contributed by atoms with Gasteiger partial charge in [0.1, 0.15) is 0 Å². The predicted molar refractivity (Wildman–Crippen MR) is 56.2 cm³/mol. The van der Waals surface area contributed by atoms with E-state index < -0.39 is 0 Å². The van der Waals surface area contributed by atoms with Gasteiger partial charge in [-0.1, -0.05) is 28.1 Å². The molecule has 13 heavy (non-hydrogen) atoms. The molecule has 0 saturated heterocycles. The summed E-state index contributed by atoms with van der Waals surface area (Å²) in [6.45, 7) is 0. The van der Waals surface area contributed by atoms with E-state index in [2.05, 4.69) is 27.0 Å². The Morgan fingerprint density at radius 3 is 2.85 bits per heavy atom. The minimum atomic E-state index is 0.948. The Morgan fingerprint density at radius 1 is 1.23 bits per heavy atom. The molecule has 0 fully saturated rings. The molecule has 0 aliphatic carbocycles. The summed E-state index contributed by atoms with van der Waals surface area (Å²) < 4.78 is 1.05. The molecule has 1 nitrogen and oxygen atoms in total. The highest BCUT2D eigenvalue weighted by Crippen LogP contribution is 2.19. The molecule has 1 aromatic carbocycles. The van der Waals surface area contributed by atoms with Gasteiger partial charge in [0.15, 0.2) is 0 Å². The van der Waals surface area contributed by atoms with Crippen molar-refractivity contribution in [2.75, 3.05) is 0 Å². The lowest BCUT2D eigenvalue weighted by Gasteiger charge is -1.99. The fourth-order valence-electron chi connectivity index (χ4n) is 1.11. The number of halogens is 1. The first-order valence-corrected chi connectivity index (χ1v) is 4.74. The van der Waals surface area contributed by atoms with E-state index in [1.165, 1.54) is 0 Å². The molecular formula is C11H7BrN. The van der Waals surface area contributed by atoms with Crippen molar-refractivity contribution in [3.8, 4) is 11.3 Å². The molecular weight excluding hydrogens is 226 g/mol. The summed E-state index contributed by atoms with van der Waals surface area (Å²) in [4.78, 5) is 4.24. The van der Waals surface area contributed by atoms with Crippen molar-refractivity contribution in [3.63, 3.8) is 0 Å². The summed E-state index contributed by atoms with van der Waals surface area (Å²) in [7, 11) is 0. The molecule has 2 aromatic rings. The lowest BCUT2D eigenvalue weighted by molar-refractivity contribution is 1.32. The van der Waals surface area contributed by atoms with Crippen LogP contribution in [0.3, 0.4) is 0 Å². The highest BCUT2D eigenvalue weighted by molar-refractivity contribution is 9.10. The van der Waals surface area contributed by atoms with Crippen LogP contribution in [0.25, 0.3) is 11.3 Å². The monoisotopic (exact) mass is 232 g/mol. The third kappa shape index (κ3) is 1.95. The van der Waals surface area contributed by atoms with Crippen LogP contribution in [0.4, 0.5) is 0 Å². The van der Waals surface area contributed by atoms with Gasteiger partial charge in [-0.05, 0) is 30.3 Å². The molecule has 0 spiro atoms. The molecule has 0 aliphatic rings. The van der Waals surface area contributed by atoms with Gasteiger partial charge in [0, 0.05) is 16.2 Å². The summed E-state index contributed by atoms with van der Waals surface area (Å²) in [6, 6.07) is 14.8. The Kier molecular flexibility index (Phi) is 2.41. The standard InChI is InChI=1S/C11H7BrN/c12-10-5-3-4-9(8-10)11-6-1-2-7-13-11/h1-3,5-8H. The van der Waals surface area contributed by atoms with Crippen molar-refractivity contribution in [3.05, 3.63) is 53.1 Å². The second kappa shape index (κ2) is 3.71. The molecule has 0 unspecified atom stereocenters. The number of hydrogen-bond donors (Lipinski definition) is 0. The Hall–Kier alpha value is -1.15. The van der Waals surface area contributed by atoms with Crippen molar-refractivity contribution in [1.29, 1.82) is 0 Å². The van der Waals surface area contributed by atoms with E-state index in [0.717, 1.165) is 15.7 Å². The van der Waals surface area contributed by atoms with Gasteiger partial charge in [-0.2, -0.15) is 0 Å². The van der Waals surface area contributed by atoms with Crippen molar-refractivity contribution in [2.45, 2.75) is 0 Å². The van der Waals surface area contributed by atoms with Crippen molar-refractivity contribution >= 4 is 15.9 Å². The van der Waals surface area contributed by atoms with E-state index in [0.29, 0.717) is 0 Å². The normalized spacial score (nSPS) is 9.92. The van der Waals surface area contributed by atoms with Crippen LogP contribution in [0.5, 0.6) is 0 Å². The first-order valence-electron chi connectivity index (χ1n) is 3.95. The fourth-order valence-corrected chi connectivity index (χ4v) is 1.47. The molecule has 2 heteroatoms. The number of rotatable bonds is 1. The van der Waals surface area contributed by atoms with Crippen LogP contribution in [0.15, 0.2) is 47.1 Å². The minimum absolute atomic E-state index is 0.948. The molecule has 0 saturated carbocycles. The minimum Gasteiger partial charge on any atom is -0.256 e. The maximum atomic E-state index is 4.24. The quantitative estimate of drug-likeness (QED) is 0.736. The predicted octanol–water partition coefficient (Wildman–Crippen LogP) is 3.31. The zero-order valence-electron chi connectivity index (χ0n) is 6.87. The molecule has 0 bridgehead atoms. The van der Waals surface area contributed by atoms with Gasteiger partial charge in [0.2, 0.25) is 0 Å². The third-order valence-electron chi connectivity index (χ3n) is 1.70. The lowest BCUT2D eigenvalue weighted by Crippen LogP contribution is -1.81. The number of aromatic nitrogens is 1. The van der Waals surface area contributed by atoms with Crippen LogP contribution in [0.2, 0.25) is 0 Å². The SMILES string of the molecule is Brc1cc[c]c(-c2ccccn2)c1. The smallest absolute Gasteiger partial charge is 0.0708 e. The summed E-state index contributed by atoms with van der Waals surface area (Å²) in [6.07, 6.45) is 1.78. The third-order valence-corrected chi connectivity index (χ3v) is 2.20. The van der Waals surface area contributed by atoms with Crippen LogP contribution < -0.4 is 0 Å². The van der Waals surface area contributed by atoms with E-state index >= 15 is 0 Å². The Balaban J connectivity index is 2.48. The molecule has 2 rings (SSSR count). The Bertz CT molecular complexity index is 398. The van der Waals surface area contributed by atoms with Crippen molar-refractivity contribution in [1.82, 2.24) is 4.98 Å². The van der Waals surface area contributed by atoms with E-state index in [9.17, 15) is 0 Å². The number of nitrogens with zero attached hydrogens (tertiary/aromatic N) is 1. The Labute approximate surface area is 85.6 Å². The van der Waals surface area contributed by atoms with Crippen LogP contribution in [0.1, 0.15) is 0 Å². The highest BCUT2D eigenvalue weighted by atomic mass is 79.9. The van der Waals surface area contributed by atoms with Crippen LogP contribution >= 0.6 is 15.9 Å². The Morgan fingerprint density at radius 2 is 2.15 bits per heavy atom. The summed E-state index contributed by atoms with van der Waals surface area (Å²) in [5.41, 5.74) is 1.96. The molecule has 1 aromatic heterocycles. The maximum Gasteiger partial charge on any atom is 0.0708 e. The average Bonchev–Trinajstić information content (AvgIpc) is 2.19. The van der Waals surface area contributed by atoms with E-state index in [4.69, 9.17) is 0 Å². The maximum absolute atomic E-state index is 4.24. The first-order chi connectivity index (χ1) is 6.36. The van der Waals surface area contributed by atoms with Gasteiger partial charge in [-0.3, -0.25) is 4.98 Å². The van der Waals surface area contributed by atoms with Crippen molar-refractivity contribution < 1.29 is 0 Å². The van der Waals surface area contributed by atoms with Crippen LogP contribution in [-0.4, -0.2) is 4.98 Å².